The minimum Gasteiger partial charge on any atom is -0.481 e. The van der Waals surface area contributed by atoms with Gasteiger partial charge in [-0.25, -0.2) is 4.79 Å². The molecule has 5 heteroatoms. The number of anilines is 1. The van der Waals surface area contributed by atoms with E-state index in [1.807, 2.05) is 0 Å². The Kier molecular flexibility index (Phi) is 4.49. The van der Waals surface area contributed by atoms with Crippen LogP contribution in [-0.2, 0) is 4.79 Å². The van der Waals surface area contributed by atoms with Crippen LogP contribution in [0.2, 0.25) is 0 Å². The molecule has 1 aromatic rings. The molecule has 0 heterocycles. The van der Waals surface area contributed by atoms with E-state index in [0.29, 0.717) is 17.8 Å². The lowest BCUT2D eigenvalue weighted by Crippen LogP contribution is -2.44. The Hall–Kier alpha value is -2.48. The van der Waals surface area contributed by atoms with Gasteiger partial charge in [0.25, 0.3) is 0 Å². The van der Waals surface area contributed by atoms with Crippen molar-refractivity contribution in [2.75, 3.05) is 11.9 Å². The van der Waals surface area contributed by atoms with Gasteiger partial charge >= 0.3 is 12.0 Å². The maximum atomic E-state index is 11.9. The summed E-state index contributed by atoms with van der Waals surface area (Å²) in [7, 11) is 0. The van der Waals surface area contributed by atoms with Crippen LogP contribution in [0, 0.1) is 17.8 Å². The molecule has 5 nitrogen and oxygen atoms in total. The molecule has 0 spiro atoms. The van der Waals surface area contributed by atoms with E-state index in [2.05, 4.69) is 16.6 Å². The molecule has 2 rings (SSSR count). The van der Waals surface area contributed by atoms with Gasteiger partial charge in [-0.15, -0.1) is 6.42 Å². The highest BCUT2D eigenvalue weighted by atomic mass is 16.4. The summed E-state index contributed by atoms with van der Waals surface area (Å²) < 4.78 is 0. The van der Waals surface area contributed by atoms with Crippen molar-refractivity contribution < 1.29 is 14.7 Å². The first-order valence-corrected chi connectivity index (χ1v) is 6.86. The fourth-order valence-corrected chi connectivity index (χ4v) is 2.54. The van der Waals surface area contributed by atoms with Crippen LogP contribution in [0.25, 0.3) is 0 Å². The first-order valence-electron chi connectivity index (χ1n) is 6.86. The van der Waals surface area contributed by atoms with Crippen molar-refractivity contribution in [2.24, 2.45) is 5.41 Å². The van der Waals surface area contributed by atoms with Crippen LogP contribution in [-0.4, -0.2) is 23.7 Å². The van der Waals surface area contributed by atoms with E-state index in [-0.39, 0.29) is 17.9 Å². The molecule has 0 saturated heterocycles. The number of terminal acetylenes is 1. The highest BCUT2D eigenvalue weighted by Gasteiger charge is 2.39. The third-order valence-electron chi connectivity index (χ3n) is 3.85. The molecule has 3 N–H and O–H groups in total. The summed E-state index contributed by atoms with van der Waals surface area (Å²) in [4.78, 5) is 22.7. The molecule has 0 aromatic heterocycles. The normalized spacial score (nSPS) is 15.4. The number of carboxylic acids is 1. The summed E-state index contributed by atoms with van der Waals surface area (Å²) in [5, 5.41) is 14.4. The number of carbonyl (C=O) groups excluding carboxylic acids is 1. The zero-order valence-electron chi connectivity index (χ0n) is 11.7. The zero-order chi connectivity index (χ0) is 15.3. The van der Waals surface area contributed by atoms with E-state index in [1.54, 1.807) is 24.3 Å². The number of carbonyl (C=O) groups is 2. The largest absolute Gasteiger partial charge is 0.481 e. The van der Waals surface area contributed by atoms with E-state index in [9.17, 15) is 9.59 Å². The van der Waals surface area contributed by atoms with E-state index in [0.717, 1.165) is 19.3 Å². The molecule has 1 aliphatic rings. The quantitative estimate of drug-likeness (QED) is 0.727. The predicted molar refractivity (Wildman–Crippen MR) is 79.9 cm³/mol. The van der Waals surface area contributed by atoms with Gasteiger partial charge in [-0.2, -0.15) is 0 Å². The smallest absolute Gasteiger partial charge is 0.319 e. The van der Waals surface area contributed by atoms with Crippen LogP contribution >= 0.6 is 0 Å². The minimum atomic E-state index is -0.821. The van der Waals surface area contributed by atoms with Gasteiger partial charge in [-0.1, -0.05) is 18.4 Å². The number of amides is 2. The van der Waals surface area contributed by atoms with Crippen molar-refractivity contribution in [3.8, 4) is 12.3 Å². The van der Waals surface area contributed by atoms with Crippen molar-refractivity contribution in [1.29, 1.82) is 0 Å². The molecule has 21 heavy (non-hydrogen) atoms. The van der Waals surface area contributed by atoms with Gasteiger partial charge in [-0.3, -0.25) is 4.79 Å². The average molecular weight is 286 g/mol. The van der Waals surface area contributed by atoms with E-state index >= 15 is 0 Å². The maximum Gasteiger partial charge on any atom is 0.319 e. The highest BCUT2D eigenvalue weighted by molar-refractivity contribution is 5.89. The molecular formula is C16H18N2O3. The lowest BCUT2D eigenvalue weighted by atomic mass is 9.66. The number of rotatable bonds is 5. The second kappa shape index (κ2) is 6.31. The summed E-state index contributed by atoms with van der Waals surface area (Å²) in [5.41, 5.74) is 1.02. The third kappa shape index (κ3) is 3.99. The Morgan fingerprint density at radius 1 is 1.38 bits per heavy atom. The van der Waals surface area contributed by atoms with E-state index in [4.69, 9.17) is 11.5 Å². The van der Waals surface area contributed by atoms with Gasteiger partial charge in [0.15, 0.2) is 0 Å². The topological polar surface area (TPSA) is 78.4 Å². The molecule has 0 atom stereocenters. The second-order valence-corrected chi connectivity index (χ2v) is 5.46. The van der Waals surface area contributed by atoms with Gasteiger partial charge in [0.1, 0.15) is 0 Å². The van der Waals surface area contributed by atoms with Crippen molar-refractivity contribution in [3.05, 3.63) is 29.8 Å². The lowest BCUT2D eigenvalue weighted by Gasteiger charge is -2.40. The first-order chi connectivity index (χ1) is 10.0. The Morgan fingerprint density at radius 3 is 2.71 bits per heavy atom. The fraction of sp³-hybridized carbons (Fsp3) is 0.375. The number of aliphatic carboxylic acids is 1. The van der Waals surface area contributed by atoms with E-state index in [1.165, 1.54) is 0 Å². The molecule has 0 radical (unpaired) electrons. The molecular weight excluding hydrogens is 268 g/mol. The van der Waals surface area contributed by atoms with Crippen molar-refractivity contribution in [2.45, 2.75) is 25.7 Å². The molecule has 1 fully saturated rings. The number of carboxylic acid groups (broad SMARTS) is 1. The van der Waals surface area contributed by atoms with Crippen molar-refractivity contribution in [3.63, 3.8) is 0 Å². The number of benzene rings is 1. The van der Waals surface area contributed by atoms with Crippen LogP contribution < -0.4 is 10.6 Å². The second-order valence-electron chi connectivity index (χ2n) is 5.46. The molecule has 0 aliphatic heterocycles. The Morgan fingerprint density at radius 2 is 2.14 bits per heavy atom. The number of hydrogen-bond donors (Lipinski definition) is 3. The van der Waals surface area contributed by atoms with Crippen LogP contribution in [0.1, 0.15) is 31.2 Å². The molecule has 1 saturated carbocycles. The Labute approximate surface area is 123 Å². The first kappa shape index (κ1) is 14.9. The van der Waals surface area contributed by atoms with Gasteiger partial charge in [0.05, 0.1) is 6.42 Å². The number of nitrogens with one attached hydrogen (secondary N) is 2. The molecule has 110 valence electrons. The third-order valence-corrected chi connectivity index (χ3v) is 3.85. The molecule has 0 bridgehead atoms. The summed E-state index contributed by atoms with van der Waals surface area (Å²) in [6.45, 7) is 0.375. The molecule has 0 unspecified atom stereocenters. The van der Waals surface area contributed by atoms with Crippen LogP contribution in [0.5, 0.6) is 0 Å². The monoisotopic (exact) mass is 286 g/mol. The van der Waals surface area contributed by atoms with Crippen LogP contribution in [0.3, 0.4) is 0 Å². The fourth-order valence-electron chi connectivity index (χ4n) is 2.54. The minimum absolute atomic E-state index is 0.0971. The summed E-state index contributed by atoms with van der Waals surface area (Å²) in [6, 6.07) is 6.65. The number of urea groups is 1. The molecule has 2 amide bonds. The van der Waals surface area contributed by atoms with Crippen LogP contribution in [0.15, 0.2) is 24.3 Å². The summed E-state index contributed by atoms with van der Waals surface area (Å²) in [5.74, 6) is 1.68. The zero-order valence-corrected chi connectivity index (χ0v) is 11.7. The summed E-state index contributed by atoms with van der Waals surface area (Å²) >= 11 is 0. The summed E-state index contributed by atoms with van der Waals surface area (Å²) in [6.07, 6.45) is 8.09. The Bertz CT molecular complexity index is 585. The lowest BCUT2D eigenvalue weighted by molar-refractivity contribution is -0.141. The van der Waals surface area contributed by atoms with E-state index < -0.39 is 5.97 Å². The maximum absolute atomic E-state index is 11.9. The van der Waals surface area contributed by atoms with Crippen molar-refractivity contribution in [1.82, 2.24) is 5.32 Å². The van der Waals surface area contributed by atoms with Gasteiger partial charge < -0.3 is 15.7 Å². The van der Waals surface area contributed by atoms with Gasteiger partial charge in [-0.05, 0) is 36.5 Å². The van der Waals surface area contributed by atoms with Gasteiger partial charge in [0, 0.05) is 17.8 Å². The number of hydrogen-bond acceptors (Lipinski definition) is 2. The average Bonchev–Trinajstić information content (AvgIpc) is 2.41. The predicted octanol–water partition coefficient (Wildman–Crippen LogP) is 2.43. The van der Waals surface area contributed by atoms with Gasteiger partial charge in [0.2, 0.25) is 0 Å². The molecule has 1 aromatic carbocycles. The SMILES string of the molecule is C#Cc1cccc(NC(=O)NCC2(CC(=O)O)CCC2)c1. The van der Waals surface area contributed by atoms with Crippen LogP contribution in [0.4, 0.5) is 10.5 Å². The molecule has 1 aliphatic carbocycles. The van der Waals surface area contributed by atoms with Crippen molar-refractivity contribution >= 4 is 17.7 Å². The highest BCUT2D eigenvalue weighted by Crippen LogP contribution is 2.43. The Balaban J connectivity index is 1.87. The standard InChI is InChI=1S/C16H18N2O3/c1-2-12-5-3-6-13(9-12)18-15(21)17-11-16(7-4-8-16)10-14(19)20/h1,3,5-6,9H,4,7-8,10-11H2,(H,19,20)(H2,17,18,21).